The summed E-state index contributed by atoms with van der Waals surface area (Å²) in [5.41, 5.74) is 0.864. The first-order chi connectivity index (χ1) is 8.84. The van der Waals surface area contributed by atoms with Crippen molar-refractivity contribution >= 4 is 22.6 Å². The molecule has 0 atom stereocenters. The number of fused-ring (bicyclic) bond motifs is 1. The van der Waals surface area contributed by atoms with Crippen molar-refractivity contribution in [1.29, 1.82) is 0 Å². The lowest BCUT2D eigenvalue weighted by Gasteiger charge is -2.14. The largest absolute Gasteiger partial charge is 0.494 e. The van der Waals surface area contributed by atoms with Gasteiger partial charge in [-0.1, -0.05) is 12.1 Å². The average molecular weight is 245 g/mol. The molecule has 2 heterocycles. The highest BCUT2D eigenvalue weighted by atomic mass is 16.6. The van der Waals surface area contributed by atoms with Crippen molar-refractivity contribution in [3.05, 3.63) is 36.3 Å². The van der Waals surface area contributed by atoms with Crippen LogP contribution in [0.15, 0.2) is 36.3 Å². The predicted molar refractivity (Wildman–Crippen MR) is 64.7 cm³/mol. The number of benzene rings is 1. The predicted octanol–water partition coefficient (Wildman–Crippen LogP) is 1.39. The van der Waals surface area contributed by atoms with E-state index in [0.29, 0.717) is 19.0 Å². The molecule has 0 unspecified atom stereocenters. The molecule has 1 aliphatic rings. The number of rotatable bonds is 2. The first kappa shape index (κ1) is 10.6. The first-order valence-electron chi connectivity index (χ1n) is 5.53. The van der Waals surface area contributed by atoms with E-state index >= 15 is 0 Å². The van der Waals surface area contributed by atoms with E-state index in [4.69, 9.17) is 9.47 Å². The first-order valence-corrected chi connectivity index (χ1v) is 5.53. The Labute approximate surface area is 103 Å². The van der Waals surface area contributed by atoms with Crippen LogP contribution in [0, 0.1) is 0 Å². The normalized spacial score (nSPS) is 14.6. The smallest absolute Gasteiger partial charge is 0.295 e. The number of nitrogens with zero attached hydrogens (tertiary/aromatic N) is 1. The number of nitrogens with one attached hydrogen (secondary N) is 2. The number of aromatic nitrogens is 2. The Balaban J connectivity index is 1.84. The summed E-state index contributed by atoms with van der Waals surface area (Å²) >= 11 is 0. The van der Waals surface area contributed by atoms with Crippen LogP contribution in [0.25, 0.3) is 10.9 Å². The quantitative estimate of drug-likeness (QED) is 0.838. The van der Waals surface area contributed by atoms with Gasteiger partial charge in [-0.05, 0) is 12.1 Å². The van der Waals surface area contributed by atoms with Gasteiger partial charge in [0, 0.05) is 5.39 Å². The maximum atomic E-state index is 11.9. The highest BCUT2D eigenvalue weighted by molar-refractivity contribution is 6.06. The van der Waals surface area contributed by atoms with E-state index in [1.165, 1.54) is 6.26 Å². The van der Waals surface area contributed by atoms with Gasteiger partial charge in [-0.15, -0.1) is 0 Å². The summed E-state index contributed by atoms with van der Waals surface area (Å²) in [6.07, 6.45) is 1.31. The molecule has 2 N–H and O–H groups in total. The van der Waals surface area contributed by atoms with Crippen LogP contribution in [0.4, 0.5) is 5.82 Å². The maximum absolute atomic E-state index is 11.9. The van der Waals surface area contributed by atoms with Crippen molar-refractivity contribution in [2.75, 3.05) is 18.5 Å². The lowest BCUT2D eigenvalue weighted by molar-refractivity contribution is -0.117. The molecule has 92 valence electrons. The molecule has 0 aliphatic carbocycles. The molecule has 6 nitrogen and oxygen atoms in total. The zero-order valence-electron chi connectivity index (χ0n) is 9.47. The van der Waals surface area contributed by atoms with Crippen LogP contribution in [0.1, 0.15) is 0 Å². The number of carbonyl (C=O) groups excluding carboxylic acids is 1. The molecule has 0 spiro atoms. The molecule has 1 amide bonds. The Morgan fingerprint density at radius 2 is 2.22 bits per heavy atom. The zero-order chi connectivity index (χ0) is 12.4. The molecule has 0 saturated heterocycles. The molecule has 3 rings (SSSR count). The van der Waals surface area contributed by atoms with Gasteiger partial charge in [-0.25, -0.2) is 0 Å². The molecule has 1 aromatic heterocycles. The zero-order valence-corrected chi connectivity index (χ0v) is 9.47. The molecule has 0 bridgehead atoms. The molecule has 1 aromatic carbocycles. The van der Waals surface area contributed by atoms with Crippen molar-refractivity contribution in [3.8, 4) is 0 Å². The van der Waals surface area contributed by atoms with Crippen LogP contribution in [0.5, 0.6) is 0 Å². The monoisotopic (exact) mass is 245 g/mol. The number of H-pyrrole nitrogens is 1. The number of hydrogen-bond acceptors (Lipinski definition) is 4. The number of ether oxygens (including phenoxy) is 2. The van der Waals surface area contributed by atoms with Gasteiger partial charge in [-0.3, -0.25) is 9.89 Å². The minimum absolute atomic E-state index is 0.160. The summed E-state index contributed by atoms with van der Waals surface area (Å²) in [5, 5.41) is 10.4. The van der Waals surface area contributed by atoms with E-state index in [-0.39, 0.29) is 11.7 Å². The standard InChI is InChI=1S/C12H11N3O3/c16-12(10-7-17-5-6-18-10)13-11-8-3-1-2-4-9(8)14-15-11/h1-4,7H,5-6H2,(H2,13,14,15,16). The highest BCUT2D eigenvalue weighted by Crippen LogP contribution is 2.20. The maximum Gasteiger partial charge on any atom is 0.295 e. The van der Waals surface area contributed by atoms with Crippen molar-refractivity contribution in [3.63, 3.8) is 0 Å². The summed E-state index contributed by atoms with van der Waals surface area (Å²) in [6, 6.07) is 7.54. The van der Waals surface area contributed by atoms with Gasteiger partial charge in [0.15, 0.2) is 5.82 Å². The third-order valence-corrected chi connectivity index (χ3v) is 2.58. The minimum Gasteiger partial charge on any atom is -0.494 e. The van der Waals surface area contributed by atoms with E-state index in [2.05, 4.69) is 15.5 Å². The fourth-order valence-corrected chi connectivity index (χ4v) is 1.72. The molecule has 18 heavy (non-hydrogen) atoms. The summed E-state index contributed by atoms with van der Waals surface area (Å²) in [7, 11) is 0. The van der Waals surface area contributed by atoms with Gasteiger partial charge in [0.05, 0.1) is 5.52 Å². The van der Waals surface area contributed by atoms with Crippen molar-refractivity contribution < 1.29 is 14.3 Å². The van der Waals surface area contributed by atoms with Crippen molar-refractivity contribution in [2.24, 2.45) is 0 Å². The Kier molecular flexibility index (Phi) is 2.60. The molecule has 1 aliphatic heterocycles. The molecule has 2 aromatic rings. The van der Waals surface area contributed by atoms with Gasteiger partial charge in [0.2, 0.25) is 5.76 Å². The van der Waals surface area contributed by atoms with E-state index in [1.807, 2.05) is 24.3 Å². The third kappa shape index (κ3) is 1.88. The Bertz CT molecular complexity index is 618. The topological polar surface area (TPSA) is 76.2 Å². The summed E-state index contributed by atoms with van der Waals surface area (Å²) < 4.78 is 10.2. The Morgan fingerprint density at radius 3 is 3.06 bits per heavy atom. The summed E-state index contributed by atoms with van der Waals surface area (Å²) in [4.78, 5) is 11.9. The fraction of sp³-hybridized carbons (Fsp3) is 0.167. The molecule has 0 saturated carbocycles. The SMILES string of the molecule is O=C(Nc1n[nH]c2ccccc12)C1=COCCO1. The van der Waals surface area contributed by atoms with Crippen LogP contribution in [0.3, 0.4) is 0 Å². The Morgan fingerprint density at radius 1 is 1.33 bits per heavy atom. The van der Waals surface area contributed by atoms with Crippen LogP contribution < -0.4 is 5.32 Å². The fourth-order valence-electron chi connectivity index (χ4n) is 1.72. The number of hydrogen-bond donors (Lipinski definition) is 2. The van der Waals surface area contributed by atoms with Gasteiger partial charge < -0.3 is 14.8 Å². The second kappa shape index (κ2) is 4.40. The van der Waals surface area contributed by atoms with Crippen molar-refractivity contribution in [2.45, 2.75) is 0 Å². The molecule has 6 heteroatoms. The van der Waals surface area contributed by atoms with Gasteiger partial charge in [0.1, 0.15) is 19.5 Å². The lowest BCUT2D eigenvalue weighted by Crippen LogP contribution is -2.21. The number of para-hydroxylation sites is 1. The van der Waals surface area contributed by atoms with Crippen LogP contribution in [0.2, 0.25) is 0 Å². The Hall–Kier alpha value is -2.50. The molecular weight excluding hydrogens is 234 g/mol. The van der Waals surface area contributed by atoms with E-state index in [9.17, 15) is 4.79 Å². The minimum atomic E-state index is -0.369. The third-order valence-electron chi connectivity index (χ3n) is 2.58. The lowest BCUT2D eigenvalue weighted by atomic mass is 10.2. The molecular formula is C12H11N3O3. The molecule has 0 radical (unpaired) electrons. The summed E-state index contributed by atoms with van der Waals surface area (Å²) in [6.45, 7) is 0.836. The summed E-state index contributed by atoms with van der Waals surface area (Å²) in [5.74, 6) is 0.269. The van der Waals surface area contributed by atoms with E-state index < -0.39 is 0 Å². The number of anilines is 1. The van der Waals surface area contributed by atoms with E-state index in [0.717, 1.165) is 10.9 Å². The van der Waals surface area contributed by atoms with Crippen LogP contribution in [-0.2, 0) is 14.3 Å². The number of amides is 1. The second-order valence-corrected chi connectivity index (χ2v) is 3.77. The average Bonchev–Trinajstić information content (AvgIpc) is 2.83. The highest BCUT2D eigenvalue weighted by Gasteiger charge is 2.17. The molecule has 0 fully saturated rings. The number of carbonyl (C=O) groups is 1. The van der Waals surface area contributed by atoms with Crippen LogP contribution >= 0.6 is 0 Å². The second-order valence-electron chi connectivity index (χ2n) is 3.77. The van der Waals surface area contributed by atoms with Gasteiger partial charge >= 0.3 is 0 Å². The number of aromatic amines is 1. The van der Waals surface area contributed by atoms with Gasteiger partial charge in [-0.2, -0.15) is 5.10 Å². The van der Waals surface area contributed by atoms with Crippen molar-refractivity contribution in [1.82, 2.24) is 10.2 Å². The van der Waals surface area contributed by atoms with Crippen LogP contribution in [-0.4, -0.2) is 29.3 Å². The van der Waals surface area contributed by atoms with Gasteiger partial charge in [0.25, 0.3) is 5.91 Å². The van der Waals surface area contributed by atoms with E-state index in [1.54, 1.807) is 0 Å².